The van der Waals surface area contributed by atoms with Crippen molar-refractivity contribution in [3.05, 3.63) is 66.9 Å². The molecule has 0 radical (unpaired) electrons. The number of para-hydroxylation sites is 1. The van der Waals surface area contributed by atoms with Crippen LogP contribution in [-0.2, 0) is 0 Å². The van der Waals surface area contributed by atoms with Gasteiger partial charge in [0.2, 0.25) is 0 Å². The molecule has 0 saturated carbocycles. The van der Waals surface area contributed by atoms with Crippen LogP contribution < -0.4 is 5.32 Å². The van der Waals surface area contributed by atoms with Gasteiger partial charge in [0.05, 0.1) is 23.6 Å². The van der Waals surface area contributed by atoms with E-state index in [-0.39, 0.29) is 5.91 Å². The molecule has 3 heterocycles. The second kappa shape index (κ2) is 8.24. The summed E-state index contributed by atoms with van der Waals surface area (Å²) in [5.74, 6) is 0.438. The van der Waals surface area contributed by atoms with Crippen LogP contribution in [-0.4, -0.2) is 62.1 Å². The van der Waals surface area contributed by atoms with Crippen LogP contribution in [0, 0.1) is 0 Å². The lowest BCUT2D eigenvalue weighted by Crippen LogP contribution is -2.27. The molecule has 4 aromatic rings. The number of amides is 1. The summed E-state index contributed by atoms with van der Waals surface area (Å²) in [7, 11) is 4.02. The van der Waals surface area contributed by atoms with Crippen molar-refractivity contribution in [2.45, 2.75) is 6.42 Å². The van der Waals surface area contributed by atoms with E-state index in [0.717, 1.165) is 24.3 Å². The first-order valence-electron chi connectivity index (χ1n) is 9.50. The van der Waals surface area contributed by atoms with Crippen molar-refractivity contribution in [2.75, 3.05) is 27.2 Å². The van der Waals surface area contributed by atoms with Gasteiger partial charge in [0.25, 0.3) is 5.91 Å². The van der Waals surface area contributed by atoms with Gasteiger partial charge < -0.3 is 10.2 Å². The Balaban J connectivity index is 1.69. The van der Waals surface area contributed by atoms with Crippen LogP contribution in [0.25, 0.3) is 22.7 Å². The largest absolute Gasteiger partial charge is 0.351 e. The maximum absolute atomic E-state index is 12.8. The number of carbonyl (C=O) groups is 1. The second-order valence-electron chi connectivity index (χ2n) is 6.99. The van der Waals surface area contributed by atoms with E-state index in [4.69, 9.17) is 0 Å². The minimum Gasteiger partial charge on any atom is -0.351 e. The monoisotopic (exact) mass is 389 g/mol. The number of benzene rings is 1. The lowest BCUT2D eigenvalue weighted by Gasteiger charge is -2.09. The molecule has 0 saturated heterocycles. The van der Waals surface area contributed by atoms with Gasteiger partial charge in [0.15, 0.2) is 11.5 Å². The van der Waals surface area contributed by atoms with Crippen LogP contribution >= 0.6 is 0 Å². The fraction of sp³-hybridized carbons (Fsp3) is 0.238. The average Bonchev–Trinajstić information content (AvgIpc) is 3.36. The number of nitrogens with one attached hydrogen (secondary N) is 1. The van der Waals surface area contributed by atoms with Gasteiger partial charge in [-0.05, 0) is 45.3 Å². The summed E-state index contributed by atoms with van der Waals surface area (Å²) < 4.78 is 3.69. The predicted octanol–water partition coefficient (Wildman–Crippen LogP) is 2.26. The smallest absolute Gasteiger partial charge is 0.272 e. The topological polar surface area (TPSA) is 80.4 Å². The molecule has 1 amide bonds. The maximum atomic E-state index is 12.8. The van der Waals surface area contributed by atoms with Crippen LogP contribution in [0.2, 0.25) is 0 Å². The molecule has 0 fully saturated rings. The fourth-order valence-electron chi connectivity index (χ4n) is 3.21. The van der Waals surface area contributed by atoms with E-state index in [1.165, 1.54) is 0 Å². The van der Waals surface area contributed by atoms with E-state index in [0.29, 0.717) is 23.6 Å². The predicted molar refractivity (Wildman–Crippen MR) is 111 cm³/mol. The number of carbonyl (C=O) groups excluding carboxylic acids is 1. The first-order chi connectivity index (χ1) is 14.1. The molecular formula is C21H23N7O. The normalized spacial score (nSPS) is 11.3. The molecule has 0 atom stereocenters. The van der Waals surface area contributed by atoms with E-state index in [1.54, 1.807) is 18.6 Å². The summed E-state index contributed by atoms with van der Waals surface area (Å²) in [6.07, 6.45) is 7.75. The zero-order chi connectivity index (χ0) is 20.2. The van der Waals surface area contributed by atoms with Gasteiger partial charge in [-0.25, -0.2) is 9.67 Å². The SMILES string of the molecule is CN(C)CCCNC(=O)c1nc(-c2ccnn2-c2ccccc2)n2ccncc12. The number of rotatable bonds is 7. The number of hydrogen-bond donors (Lipinski definition) is 1. The Labute approximate surface area is 168 Å². The molecule has 4 rings (SSSR count). The highest BCUT2D eigenvalue weighted by Crippen LogP contribution is 2.24. The molecule has 0 unspecified atom stereocenters. The zero-order valence-electron chi connectivity index (χ0n) is 16.5. The third kappa shape index (κ3) is 3.88. The van der Waals surface area contributed by atoms with Crippen molar-refractivity contribution in [3.8, 4) is 17.2 Å². The molecule has 1 aromatic carbocycles. The summed E-state index contributed by atoms with van der Waals surface area (Å²) in [5.41, 5.74) is 2.74. The molecular weight excluding hydrogens is 366 g/mol. The Morgan fingerprint density at radius 2 is 1.97 bits per heavy atom. The lowest BCUT2D eigenvalue weighted by atomic mass is 10.3. The first kappa shape index (κ1) is 18.8. The highest BCUT2D eigenvalue weighted by atomic mass is 16.1. The number of fused-ring (bicyclic) bond motifs is 1. The molecule has 0 bridgehead atoms. The number of aromatic nitrogens is 5. The van der Waals surface area contributed by atoms with Gasteiger partial charge in [0.1, 0.15) is 5.69 Å². The Morgan fingerprint density at radius 1 is 1.14 bits per heavy atom. The zero-order valence-corrected chi connectivity index (χ0v) is 16.5. The molecule has 1 N–H and O–H groups in total. The number of nitrogens with zero attached hydrogens (tertiary/aromatic N) is 6. The summed E-state index contributed by atoms with van der Waals surface area (Å²) in [6.45, 7) is 1.50. The van der Waals surface area contributed by atoms with Crippen molar-refractivity contribution in [3.63, 3.8) is 0 Å². The maximum Gasteiger partial charge on any atom is 0.272 e. The van der Waals surface area contributed by atoms with E-state index < -0.39 is 0 Å². The Kier molecular flexibility index (Phi) is 5.35. The van der Waals surface area contributed by atoms with E-state index in [9.17, 15) is 4.79 Å². The van der Waals surface area contributed by atoms with Crippen LogP contribution in [0.15, 0.2) is 61.2 Å². The summed E-state index contributed by atoms with van der Waals surface area (Å²) in [6, 6.07) is 11.7. The fourth-order valence-corrected chi connectivity index (χ4v) is 3.21. The van der Waals surface area contributed by atoms with Crippen molar-refractivity contribution in [2.24, 2.45) is 0 Å². The first-order valence-corrected chi connectivity index (χ1v) is 9.50. The summed E-state index contributed by atoms with van der Waals surface area (Å²) in [4.78, 5) is 23.7. The van der Waals surface area contributed by atoms with E-state index in [2.05, 4.69) is 25.3 Å². The molecule has 0 spiro atoms. The lowest BCUT2D eigenvalue weighted by molar-refractivity contribution is 0.0949. The standard InChI is InChI=1S/C21H23N7O/c1-26(2)13-6-10-23-21(29)19-18-15-22-12-14-27(18)20(25-19)17-9-11-24-28(17)16-7-4-3-5-8-16/h3-5,7-9,11-12,14-15H,6,10,13H2,1-2H3,(H,23,29). The molecule has 8 heteroatoms. The molecule has 29 heavy (non-hydrogen) atoms. The van der Waals surface area contributed by atoms with Crippen LogP contribution in [0.1, 0.15) is 16.9 Å². The third-order valence-electron chi connectivity index (χ3n) is 4.60. The second-order valence-corrected chi connectivity index (χ2v) is 6.99. The van der Waals surface area contributed by atoms with Crippen LogP contribution in [0.4, 0.5) is 0 Å². The highest BCUT2D eigenvalue weighted by molar-refractivity contribution is 5.99. The summed E-state index contributed by atoms with van der Waals surface area (Å²) >= 11 is 0. The van der Waals surface area contributed by atoms with Gasteiger partial charge in [-0.3, -0.25) is 14.2 Å². The Morgan fingerprint density at radius 3 is 2.76 bits per heavy atom. The molecule has 0 aliphatic heterocycles. The third-order valence-corrected chi connectivity index (χ3v) is 4.60. The van der Waals surface area contributed by atoms with Crippen molar-refractivity contribution >= 4 is 11.4 Å². The highest BCUT2D eigenvalue weighted by Gasteiger charge is 2.21. The molecule has 148 valence electrons. The van der Waals surface area contributed by atoms with E-state index in [1.807, 2.05) is 65.8 Å². The van der Waals surface area contributed by atoms with Gasteiger partial charge in [-0.1, -0.05) is 18.2 Å². The molecule has 0 aliphatic rings. The summed E-state index contributed by atoms with van der Waals surface area (Å²) in [5, 5.41) is 7.40. The van der Waals surface area contributed by atoms with Crippen molar-refractivity contribution in [1.29, 1.82) is 0 Å². The minimum absolute atomic E-state index is 0.203. The van der Waals surface area contributed by atoms with Gasteiger partial charge in [0, 0.05) is 18.9 Å². The Hall–Kier alpha value is -3.52. The van der Waals surface area contributed by atoms with Crippen LogP contribution in [0.5, 0.6) is 0 Å². The molecule has 3 aromatic heterocycles. The quantitative estimate of drug-likeness (QED) is 0.491. The average molecular weight is 389 g/mol. The van der Waals surface area contributed by atoms with Crippen molar-refractivity contribution in [1.82, 2.24) is 34.4 Å². The van der Waals surface area contributed by atoms with Crippen molar-refractivity contribution < 1.29 is 4.79 Å². The molecule has 8 nitrogen and oxygen atoms in total. The van der Waals surface area contributed by atoms with E-state index >= 15 is 0 Å². The van der Waals surface area contributed by atoms with Gasteiger partial charge in [-0.15, -0.1) is 0 Å². The molecule has 0 aliphatic carbocycles. The number of hydrogen-bond acceptors (Lipinski definition) is 5. The number of imidazole rings is 1. The van der Waals surface area contributed by atoms with Gasteiger partial charge >= 0.3 is 0 Å². The van der Waals surface area contributed by atoms with Crippen LogP contribution in [0.3, 0.4) is 0 Å². The van der Waals surface area contributed by atoms with Gasteiger partial charge in [-0.2, -0.15) is 5.10 Å². The minimum atomic E-state index is -0.203. The Bertz CT molecular complexity index is 1110.